The van der Waals surface area contributed by atoms with E-state index >= 15 is 0 Å². The summed E-state index contributed by atoms with van der Waals surface area (Å²) in [5.41, 5.74) is 4.92. The van der Waals surface area contributed by atoms with E-state index in [0.717, 1.165) is 53.0 Å². The van der Waals surface area contributed by atoms with Crippen LogP contribution in [0, 0.1) is 0 Å². The van der Waals surface area contributed by atoms with Crippen molar-refractivity contribution in [3.8, 4) is 28.0 Å². The number of amides is 1. The highest BCUT2D eigenvalue weighted by atomic mass is 35.5. The first-order chi connectivity index (χ1) is 15.6. The molecule has 0 saturated carbocycles. The van der Waals surface area contributed by atoms with E-state index in [4.69, 9.17) is 27.9 Å². The minimum atomic E-state index is 0.143. The van der Waals surface area contributed by atoms with Gasteiger partial charge in [0.1, 0.15) is 5.75 Å². The molecule has 3 aromatic rings. The Kier molecular flexibility index (Phi) is 6.09. The van der Waals surface area contributed by atoms with Gasteiger partial charge in [-0.2, -0.15) is 0 Å². The van der Waals surface area contributed by atoms with Crippen LogP contribution in [0.2, 0.25) is 10.0 Å². The number of carbonyl (C=O) groups excluding carboxylic acids is 1. The van der Waals surface area contributed by atoms with Crippen LogP contribution in [0.25, 0.3) is 22.3 Å². The van der Waals surface area contributed by atoms with Gasteiger partial charge in [-0.25, -0.2) is 0 Å². The minimum absolute atomic E-state index is 0.143. The molecule has 2 atom stereocenters. The Morgan fingerprint density at radius 1 is 0.969 bits per heavy atom. The van der Waals surface area contributed by atoms with Crippen LogP contribution in [0.3, 0.4) is 0 Å². The standard InChI is InChI=1S/C26H24Cl2N2O2/c27-22-7-2-1-4-19(22)20-6-3-5-18(26(20)28)16-8-10-21-23(12-13-32-24(21)14-16)29-15-17-9-11-25(31)30-17/h1-8,10,14,17,23,29H,9,11-13,15H2,(H,30,31)/t17-,23?/m0/s1. The molecule has 2 aliphatic heterocycles. The molecule has 1 amide bonds. The van der Waals surface area contributed by atoms with Gasteiger partial charge >= 0.3 is 0 Å². The van der Waals surface area contributed by atoms with Crippen molar-refractivity contribution in [2.45, 2.75) is 31.3 Å². The quantitative estimate of drug-likeness (QED) is 0.483. The van der Waals surface area contributed by atoms with Crippen molar-refractivity contribution in [1.82, 2.24) is 10.6 Å². The Hall–Kier alpha value is -2.53. The van der Waals surface area contributed by atoms with Gasteiger partial charge in [-0.15, -0.1) is 0 Å². The Balaban J connectivity index is 1.41. The maximum absolute atomic E-state index is 11.5. The third-order valence-electron chi connectivity index (χ3n) is 6.22. The van der Waals surface area contributed by atoms with Crippen LogP contribution < -0.4 is 15.4 Å². The van der Waals surface area contributed by atoms with Crippen LogP contribution in [0.1, 0.15) is 30.9 Å². The lowest BCUT2D eigenvalue weighted by Crippen LogP contribution is -2.38. The number of fused-ring (bicyclic) bond motifs is 1. The number of ether oxygens (including phenoxy) is 1. The molecule has 0 aromatic heterocycles. The molecule has 32 heavy (non-hydrogen) atoms. The Bertz CT molecular complexity index is 1160. The van der Waals surface area contributed by atoms with Gasteiger partial charge in [-0.1, -0.05) is 71.7 Å². The fourth-order valence-corrected chi connectivity index (χ4v) is 5.10. The van der Waals surface area contributed by atoms with Crippen LogP contribution in [0.4, 0.5) is 0 Å². The number of benzene rings is 3. The molecule has 4 nitrogen and oxygen atoms in total. The van der Waals surface area contributed by atoms with Crippen molar-refractivity contribution >= 4 is 29.1 Å². The highest BCUT2D eigenvalue weighted by molar-refractivity contribution is 6.38. The summed E-state index contributed by atoms with van der Waals surface area (Å²) in [6.07, 6.45) is 2.41. The fraction of sp³-hybridized carbons (Fsp3) is 0.269. The van der Waals surface area contributed by atoms with Crippen molar-refractivity contribution < 1.29 is 9.53 Å². The van der Waals surface area contributed by atoms with Gasteiger partial charge in [-0.3, -0.25) is 4.79 Å². The number of rotatable bonds is 5. The molecule has 2 aliphatic rings. The van der Waals surface area contributed by atoms with Gasteiger partial charge in [0.2, 0.25) is 5.91 Å². The first-order valence-corrected chi connectivity index (χ1v) is 11.7. The van der Waals surface area contributed by atoms with Crippen molar-refractivity contribution in [3.63, 3.8) is 0 Å². The van der Waals surface area contributed by atoms with Crippen LogP contribution >= 0.6 is 23.2 Å². The average Bonchev–Trinajstić information content (AvgIpc) is 3.23. The number of hydrogen-bond acceptors (Lipinski definition) is 3. The zero-order valence-corrected chi connectivity index (χ0v) is 19.0. The van der Waals surface area contributed by atoms with Gasteiger partial charge in [0, 0.05) is 58.7 Å². The summed E-state index contributed by atoms with van der Waals surface area (Å²) < 4.78 is 6.00. The molecule has 1 saturated heterocycles. The van der Waals surface area contributed by atoms with Crippen LogP contribution in [0.5, 0.6) is 5.75 Å². The first kappa shape index (κ1) is 21.3. The van der Waals surface area contributed by atoms with E-state index in [1.807, 2.05) is 42.5 Å². The summed E-state index contributed by atoms with van der Waals surface area (Å²) in [4.78, 5) is 11.5. The number of carbonyl (C=O) groups is 1. The molecule has 1 unspecified atom stereocenters. The van der Waals surface area contributed by atoms with Crippen LogP contribution in [-0.4, -0.2) is 25.1 Å². The van der Waals surface area contributed by atoms with E-state index in [-0.39, 0.29) is 18.0 Å². The Morgan fingerprint density at radius 3 is 2.59 bits per heavy atom. The molecule has 0 radical (unpaired) electrons. The molecule has 6 heteroatoms. The van der Waals surface area contributed by atoms with E-state index in [9.17, 15) is 4.79 Å². The lowest BCUT2D eigenvalue weighted by molar-refractivity contribution is -0.119. The molecule has 0 bridgehead atoms. The molecule has 0 aliphatic carbocycles. The highest BCUT2D eigenvalue weighted by Crippen LogP contribution is 2.41. The van der Waals surface area contributed by atoms with Gasteiger partial charge in [0.15, 0.2) is 0 Å². The molecule has 1 fully saturated rings. The summed E-state index contributed by atoms with van der Waals surface area (Å²) >= 11 is 13.3. The molecule has 0 spiro atoms. The maximum atomic E-state index is 11.5. The summed E-state index contributed by atoms with van der Waals surface area (Å²) in [6.45, 7) is 1.42. The zero-order valence-electron chi connectivity index (χ0n) is 17.5. The van der Waals surface area contributed by atoms with Crippen molar-refractivity contribution in [3.05, 3.63) is 76.3 Å². The Morgan fingerprint density at radius 2 is 1.78 bits per heavy atom. The highest BCUT2D eigenvalue weighted by Gasteiger charge is 2.25. The van der Waals surface area contributed by atoms with E-state index < -0.39 is 0 Å². The van der Waals surface area contributed by atoms with E-state index in [0.29, 0.717) is 23.1 Å². The van der Waals surface area contributed by atoms with Crippen molar-refractivity contribution in [2.75, 3.05) is 13.2 Å². The van der Waals surface area contributed by atoms with E-state index in [2.05, 4.69) is 28.8 Å². The van der Waals surface area contributed by atoms with Crippen LogP contribution in [0.15, 0.2) is 60.7 Å². The largest absolute Gasteiger partial charge is 0.493 e. The molecular weight excluding hydrogens is 443 g/mol. The van der Waals surface area contributed by atoms with Gasteiger partial charge < -0.3 is 15.4 Å². The summed E-state index contributed by atoms with van der Waals surface area (Å²) in [5, 5.41) is 7.98. The number of nitrogens with one attached hydrogen (secondary N) is 2. The smallest absolute Gasteiger partial charge is 0.220 e. The Labute approximate surface area is 197 Å². The van der Waals surface area contributed by atoms with E-state index in [1.54, 1.807) is 0 Å². The lowest BCUT2D eigenvalue weighted by atomic mass is 9.94. The van der Waals surface area contributed by atoms with Crippen molar-refractivity contribution in [1.29, 1.82) is 0 Å². The molecule has 2 N–H and O–H groups in total. The molecule has 2 heterocycles. The molecule has 5 rings (SSSR count). The predicted octanol–water partition coefficient (Wildman–Crippen LogP) is 6.02. The molecule has 3 aromatic carbocycles. The third kappa shape index (κ3) is 4.23. The molecule has 164 valence electrons. The first-order valence-electron chi connectivity index (χ1n) is 10.9. The summed E-state index contributed by atoms with van der Waals surface area (Å²) in [6, 6.07) is 20.4. The predicted molar refractivity (Wildman–Crippen MR) is 129 cm³/mol. The van der Waals surface area contributed by atoms with Crippen molar-refractivity contribution in [2.24, 2.45) is 0 Å². The second-order valence-electron chi connectivity index (χ2n) is 8.30. The summed E-state index contributed by atoms with van der Waals surface area (Å²) in [7, 11) is 0. The maximum Gasteiger partial charge on any atom is 0.220 e. The van der Waals surface area contributed by atoms with E-state index in [1.165, 1.54) is 0 Å². The summed E-state index contributed by atoms with van der Waals surface area (Å²) in [5.74, 6) is 1.02. The molecular formula is C26H24Cl2N2O2. The number of halogens is 2. The SMILES string of the molecule is O=C1CC[C@@H](CNC2CCOc3cc(-c4cccc(-c5ccccc5Cl)c4Cl)ccc32)N1. The second-order valence-corrected chi connectivity index (χ2v) is 9.09. The average molecular weight is 467 g/mol. The second kappa shape index (κ2) is 9.14. The van der Waals surface area contributed by atoms with Crippen LogP contribution in [-0.2, 0) is 4.79 Å². The third-order valence-corrected chi connectivity index (χ3v) is 6.96. The van der Waals surface area contributed by atoms with Gasteiger partial charge in [0.05, 0.1) is 11.6 Å². The van der Waals surface area contributed by atoms with Gasteiger partial charge in [-0.05, 0) is 24.1 Å². The normalized spacial score (nSPS) is 19.9. The fourth-order valence-electron chi connectivity index (χ4n) is 4.53. The van der Waals surface area contributed by atoms with Gasteiger partial charge in [0.25, 0.3) is 0 Å². The monoisotopic (exact) mass is 466 g/mol. The lowest BCUT2D eigenvalue weighted by Gasteiger charge is -2.28. The number of hydrogen-bond donors (Lipinski definition) is 2. The zero-order chi connectivity index (χ0) is 22.1. The minimum Gasteiger partial charge on any atom is -0.493 e. The topological polar surface area (TPSA) is 50.4 Å².